The maximum atomic E-state index is 12.7. The van der Waals surface area contributed by atoms with E-state index < -0.39 is 6.09 Å². The van der Waals surface area contributed by atoms with E-state index in [9.17, 15) is 9.59 Å². The van der Waals surface area contributed by atoms with E-state index in [0.29, 0.717) is 35.8 Å². The van der Waals surface area contributed by atoms with Gasteiger partial charge in [-0.1, -0.05) is 36.4 Å². The predicted octanol–water partition coefficient (Wildman–Crippen LogP) is 3.84. The highest BCUT2D eigenvalue weighted by Crippen LogP contribution is 2.27. The molecule has 31 heavy (non-hydrogen) atoms. The van der Waals surface area contributed by atoms with Gasteiger partial charge < -0.3 is 26.0 Å². The van der Waals surface area contributed by atoms with Crippen LogP contribution in [0, 0.1) is 0 Å². The highest BCUT2D eigenvalue weighted by Gasteiger charge is 2.11. The summed E-state index contributed by atoms with van der Waals surface area (Å²) in [6, 6.07) is 21.7. The number of nitrogens with two attached hydrogens (primary N) is 1. The topological polar surface area (TPSA) is 96.7 Å². The lowest BCUT2D eigenvalue weighted by Crippen LogP contribution is -2.33. The summed E-state index contributed by atoms with van der Waals surface area (Å²) >= 11 is 0. The minimum absolute atomic E-state index is 0.307. The summed E-state index contributed by atoms with van der Waals surface area (Å²) in [6.45, 7) is 1.19. The molecule has 0 saturated carbocycles. The monoisotopic (exact) mass is 418 g/mol. The van der Waals surface area contributed by atoms with Crippen LogP contribution in [0.4, 0.5) is 16.2 Å². The fraction of sp³-hybridized carbons (Fsp3) is 0.167. The Morgan fingerprint density at radius 1 is 0.935 bits per heavy atom. The second kappa shape index (κ2) is 10.3. The Balaban J connectivity index is 1.63. The number of hydrogen-bond donors (Lipinski definition) is 3. The molecule has 0 saturated heterocycles. The first-order valence-corrected chi connectivity index (χ1v) is 9.89. The van der Waals surface area contributed by atoms with Crippen LogP contribution in [0.25, 0.3) is 11.1 Å². The molecule has 0 radical (unpaired) electrons. The summed E-state index contributed by atoms with van der Waals surface area (Å²) in [5, 5.41) is 5.51. The van der Waals surface area contributed by atoms with Gasteiger partial charge in [0.2, 0.25) is 0 Å². The molecular weight excluding hydrogens is 392 g/mol. The summed E-state index contributed by atoms with van der Waals surface area (Å²) in [6.07, 6.45) is -0.537. The predicted molar refractivity (Wildman–Crippen MR) is 123 cm³/mol. The van der Waals surface area contributed by atoms with Crippen LogP contribution in [0.15, 0.2) is 72.8 Å². The van der Waals surface area contributed by atoms with Crippen molar-refractivity contribution in [3.05, 3.63) is 78.4 Å². The molecule has 0 spiro atoms. The maximum absolute atomic E-state index is 12.7. The Kier molecular flexibility index (Phi) is 7.24. The van der Waals surface area contributed by atoms with E-state index in [2.05, 4.69) is 10.6 Å². The number of ether oxygens (including phenoxy) is 1. The average Bonchev–Trinajstić information content (AvgIpc) is 2.76. The van der Waals surface area contributed by atoms with E-state index >= 15 is 0 Å². The average molecular weight is 418 g/mol. The molecule has 0 unspecified atom stereocenters. The second-order valence-corrected chi connectivity index (χ2v) is 7.27. The van der Waals surface area contributed by atoms with Gasteiger partial charge in [-0.2, -0.15) is 0 Å². The third kappa shape index (κ3) is 6.32. The van der Waals surface area contributed by atoms with E-state index in [1.54, 1.807) is 30.3 Å². The van der Waals surface area contributed by atoms with Gasteiger partial charge >= 0.3 is 6.09 Å². The minimum Gasteiger partial charge on any atom is -0.410 e. The second-order valence-electron chi connectivity index (χ2n) is 7.27. The number of likely N-dealkylation sites (N-methyl/N-ethyl adjacent to an activating group) is 1. The summed E-state index contributed by atoms with van der Waals surface area (Å²) in [5.74, 6) is 0.0448. The van der Waals surface area contributed by atoms with Crippen LogP contribution in [0.3, 0.4) is 0 Å². The summed E-state index contributed by atoms with van der Waals surface area (Å²) in [7, 11) is 3.84. The van der Waals surface area contributed by atoms with Crippen molar-refractivity contribution in [2.75, 3.05) is 38.2 Å². The van der Waals surface area contributed by atoms with Crippen molar-refractivity contribution in [3.8, 4) is 16.9 Å². The first kappa shape index (κ1) is 21.9. The quantitative estimate of drug-likeness (QED) is 0.507. The van der Waals surface area contributed by atoms with E-state index in [4.69, 9.17) is 10.5 Å². The van der Waals surface area contributed by atoms with Crippen LogP contribution in [-0.4, -0.2) is 44.1 Å². The molecule has 0 atom stereocenters. The molecule has 0 heterocycles. The van der Waals surface area contributed by atoms with Gasteiger partial charge in [0.15, 0.2) is 0 Å². The van der Waals surface area contributed by atoms with Gasteiger partial charge in [-0.15, -0.1) is 0 Å². The van der Waals surface area contributed by atoms with Gasteiger partial charge in [0.25, 0.3) is 5.91 Å². The molecule has 0 bridgehead atoms. The highest BCUT2D eigenvalue weighted by molar-refractivity contribution is 6.06. The number of hydrogen-bond acceptors (Lipinski definition) is 5. The number of nitrogens with zero attached hydrogens (tertiary/aromatic N) is 1. The molecule has 0 fully saturated rings. The number of rotatable bonds is 7. The number of nitrogen functional groups attached to an aromatic ring is 1. The molecule has 0 aromatic heterocycles. The van der Waals surface area contributed by atoms with Crippen molar-refractivity contribution in [1.82, 2.24) is 10.2 Å². The lowest BCUT2D eigenvalue weighted by atomic mass is 10.0. The van der Waals surface area contributed by atoms with Crippen molar-refractivity contribution in [3.63, 3.8) is 0 Å². The third-order valence-corrected chi connectivity index (χ3v) is 4.56. The fourth-order valence-corrected chi connectivity index (χ4v) is 2.87. The zero-order valence-corrected chi connectivity index (χ0v) is 17.6. The summed E-state index contributed by atoms with van der Waals surface area (Å²) in [5.41, 5.74) is 9.46. The molecule has 7 nitrogen and oxygen atoms in total. The van der Waals surface area contributed by atoms with Crippen molar-refractivity contribution in [2.45, 2.75) is 0 Å². The van der Waals surface area contributed by atoms with Crippen molar-refractivity contribution in [1.29, 1.82) is 0 Å². The zero-order valence-electron chi connectivity index (χ0n) is 17.6. The lowest BCUT2D eigenvalue weighted by molar-refractivity contribution is 0.102. The van der Waals surface area contributed by atoms with Gasteiger partial charge in [0.1, 0.15) is 5.75 Å². The summed E-state index contributed by atoms with van der Waals surface area (Å²) < 4.78 is 5.21. The minimum atomic E-state index is -0.537. The lowest BCUT2D eigenvalue weighted by Gasteiger charge is -2.12. The molecule has 3 aromatic rings. The Morgan fingerprint density at radius 2 is 1.65 bits per heavy atom. The molecule has 0 aliphatic carbocycles. The Hall–Kier alpha value is -3.84. The van der Waals surface area contributed by atoms with Gasteiger partial charge in [0.05, 0.1) is 11.4 Å². The van der Waals surface area contributed by atoms with Crippen molar-refractivity contribution < 1.29 is 14.3 Å². The SMILES string of the molecule is CN(C)CCNC(=O)Oc1ccc(C(=O)Nc2cc(-c3ccccc3)ccc2N)cc1. The first-order chi connectivity index (χ1) is 14.9. The van der Waals surface area contributed by atoms with E-state index in [1.165, 1.54) is 0 Å². The van der Waals surface area contributed by atoms with E-state index in [0.717, 1.165) is 11.1 Å². The van der Waals surface area contributed by atoms with Crippen LogP contribution >= 0.6 is 0 Å². The molecule has 2 amide bonds. The van der Waals surface area contributed by atoms with Crippen LogP contribution in [-0.2, 0) is 0 Å². The van der Waals surface area contributed by atoms with Gasteiger partial charge in [-0.05, 0) is 61.6 Å². The Morgan fingerprint density at radius 3 is 2.32 bits per heavy atom. The number of nitrogens with one attached hydrogen (secondary N) is 2. The van der Waals surface area contributed by atoms with Crippen molar-refractivity contribution >= 4 is 23.4 Å². The van der Waals surface area contributed by atoms with Crippen LogP contribution in [0.1, 0.15) is 10.4 Å². The van der Waals surface area contributed by atoms with Crippen LogP contribution in [0.5, 0.6) is 5.75 Å². The molecule has 3 rings (SSSR count). The largest absolute Gasteiger partial charge is 0.412 e. The Bertz CT molecular complexity index is 1030. The molecule has 0 aliphatic heterocycles. The number of anilines is 2. The maximum Gasteiger partial charge on any atom is 0.412 e. The van der Waals surface area contributed by atoms with Crippen LogP contribution in [0.2, 0.25) is 0 Å². The van der Waals surface area contributed by atoms with Gasteiger partial charge in [-0.3, -0.25) is 4.79 Å². The smallest absolute Gasteiger partial charge is 0.410 e. The molecule has 7 heteroatoms. The highest BCUT2D eigenvalue weighted by atomic mass is 16.6. The van der Waals surface area contributed by atoms with Gasteiger partial charge in [0, 0.05) is 18.7 Å². The Labute approximate surface area is 181 Å². The number of carbonyl (C=O) groups is 2. The number of amides is 2. The molecule has 3 aromatic carbocycles. The summed E-state index contributed by atoms with van der Waals surface area (Å²) in [4.78, 5) is 26.4. The standard InChI is InChI=1S/C24H26N4O3/c1-28(2)15-14-26-24(30)31-20-11-8-18(9-12-20)23(29)27-22-16-19(10-13-21(22)25)17-6-4-3-5-7-17/h3-13,16H,14-15,25H2,1-2H3,(H,26,30)(H,27,29). The zero-order chi connectivity index (χ0) is 22.2. The first-order valence-electron chi connectivity index (χ1n) is 9.89. The van der Waals surface area contributed by atoms with Crippen LogP contribution < -0.4 is 21.1 Å². The fourth-order valence-electron chi connectivity index (χ4n) is 2.87. The van der Waals surface area contributed by atoms with Crippen molar-refractivity contribution in [2.24, 2.45) is 0 Å². The molecule has 4 N–H and O–H groups in total. The normalized spacial score (nSPS) is 10.5. The third-order valence-electron chi connectivity index (χ3n) is 4.56. The van der Waals surface area contributed by atoms with Gasteiger partial charge in [-0.25, -0.2) is 4.79 Å². The molecule has 160 valence electrons. The van der Waals surface area contributed by atoms with E-state index in [-0.39, 0.29) is 5.91 Å². The number of benzene rings is 3. The molecule has 0 aliphatic rings. The number of carbonyl (C=O) groups excluding carboxylic acids is 2. The molecular formula is C24H26N4O3. The van der Waals surface area contributed by atoms with E-state index in [1.807, 2.05) is 61.5 Å².